The maximum Gasteiger partial charge on any atom is 0.242 e. The number of halogens is 1. The van der Waals surface area contributed by atoms with E-state index >= 15 is 0 Å². The van der Waals surface area contributed by atoms with Crippen molar-refractivity contribution in [3.8, 4) is 0 Å². The fourth-order valence-corrected chi connectivity index (χ4v) is 4.88. The summed E-state index contributed by atoms with van der Waals surface area (Å²) in [6.07, 6.45) is 5.21. The van der Waals surface area contributed by atoms with Gasteiger partial charge in [-0.15, -0.1) is 0 Å². The number of fused-ring (bicyclic) bond motifs is 3. The van der Waals surface area contributed by atoms with Crippen molar-refractivity contribution >= 4 is 15.7 Å². The van der Waals surface area contributed by atoms with Crippen molar-refractivity contribution in [2.75, 3.05) is 19.4 Å². The summed E-state index contributed by atoms with van der Waals surface area (Å²) in [4.78, 5) is 0.308. The van der Waals surface area contributed by atoms with Gasteiger partial charge in [-0.2, -0.15) is 0 Å². The number of benzene rings is 2. The van der Waals surface area contributed by atoms with Gasteiger partial charge in [-0.25, -0.2) is 17.1 Å². The molecule has 3 atom stereocenters. The molecule has 6 heteroatoms. The second-order valence-electron chi connectivity index (χ2n) is 7.06. The fourth-order valence-electron chi connectivity index (χ4n) is 3.94. The summed E-state index contributed by atoms with van der Waals surface area (Å²) in [5.74, 6) is 0.188. The van der Waals surface area contributed by atoms with E-state index in [0.717, 1.165) is 23.2 Å². The quantitative estimate of drug-likeness (QED) is 0.832. The highest BCUT2D eigenvalue weighted by Crippen LogP contribution is 2.50. The Bertz CT molecular complexity index is 968. The van der Waals surface area contributed by atoms with Gasteiger partial charge in [0.25, 0.3) is 0 Å². The monoisotopic (exact) mass is 372 g/mol. The Morgan fingerprint density at radius 3 is 2.54 bits per heavy atom. The lowest BCUT2D eigenvalue weighted by atomic mass is 9.77. The van der Waals surface area contributed by atoms with Crippen LogP contribution in [0.15, 0.2) is 59.5 Å². The molecule has 2 aliphatic rings. The van der Waals surface area contributed by atoms with Gasteiger partial charge in [0.05, 0.1) is 10.9 Å². The summed E-state index contributed by atoms with van der Waals surface area (Å²) in [5.41, 5.74) is 2.98. The molecule has 0 amide bonds. The number of sulfonamides is 1. The Balaban J connectivity index is 1.77. The van der Waals surface area contributed by atoms with Crippen LogP contribution in [-0.2, 0) is 10.0 Å². The van der Waals surface area contributed by atoms with Crippen molar-refractivity contribution in [1.82, 2.24) is 4.31 Å². The lowest BCUT2D eigenvalue weighted by molar-refractivity contribution is 0.424. The summed E-state index contributed by atoms with van der Waals surface area (Å²) in [7, 11) is -0.395. The number of nitrogens with one attached hydrogen (secondary N) is 1. The Kier molecular flexibility index (Phi) is 4.12. The summed E-state index contributed by atoms with van der Waals surface area (Å²) in [6, 6.07) is 11.9. The molecule has 0 saturated heterocycles. The average molecular weight is 372 g/mol. The zero-order valence-corrected chi connectivity index (χ0v) is 15.5. The molecule has 0 radical (unpaired) electrons. The maximum absolute atomic E-state index is 13.3. The highest BCUT2D eigenvalue weighted by molar-refractivity contribution is 7.89. The normalized spacial score (nSPS) is 24.2. The van der Waals surface area contributed by atoms with Gasteiger partial charge in [0.2, 0.25) is 10.0 Å². The van der Waals surface area contributed by atoms with Gasteiger partial charge in [-0.1, -0.05) is 24.3 Å². The first-order chi connectivity index (χ1) is 12.4. The molecule has 4 rings (SSSR count). The molecule has 136 valence electrons. The van der Waals surface area contributed by atoms with Gasteiger partial charge in [-0.05, 0) is 53.8 Å². The van der Waals surface area contributed by atoms with Gasteiger partial charge in [0, 0.05) is 25.7 Å². The van der Waals surface area contributed by atoms with Crippen molar-refractivity contribution in [2.45, 2.75) is 23.3 Å². The summed E-state index contributed by atoms with van der Waals surface area (Å²) in [5, 5.41) is 3.54. The van der Waals surface area contributed by atoms with E-state index in [0.29, 0.717) is 4.90 Å². The topological polar surface area (TPSA) is 49.4 Å². The molecule has 1 aliphatic carbocycles. The van der Waals surface area contributed by atoms with E-state index < -0.39 is 10.0 Å². The van der Waals surface area contributed by atoms with Crippen LogP contribution in [0.4, 0.5) is 10.1 Å². The lowest BCUT2D eigenvalue weighted by Crippen LogP contribution is -2.29. The van der Waals surface area contributed by atoms with E-state index in [-0.39, 0.29) is 23.7 Å². The van der Waals surface area contributed by atoms with Crippen LogP contribution >= 0.6 is 0 Å². The zero-order valence-electron chi connectivity index (χ0n) is 14.7. The van der Waals surface area contributed by atoms with Gasteiger partial charge in [0.15, 0.2) is 0 Å². The molecule has 1 aliphatic heterocycles. The minimum absolute atomic E-state index is 0.0689. The molecule has 1 N–H and O–H groups in total. The summed E-state index contributed by atoms with van der Waals surface area (Å²) < 4.78 is 39.5. The predicted octanol–water partition coefficient (Wildman–Crippen LogP) is 3.90. The standard InChI is InChI=1S/C20H21FN2O2S/c1-23(2)26(24,25)15-10-11-19-18(12-15)16-4-3-5-17(16)20(22-19)13-6-8-14(21)9-7-13/h3-4,6-12,16-17,20,22H,5H2,1-2H3. The van der Waals surface area contributed by atoms with E-state index in [1.807, 2.05) is 18.2 Å². The average Bonchev–Trinajstić information content (AvgIpc) is 3.11. The molecule has 0 aromatic heterocycles. The highest BCUT2D eigenvalue weighted by atomic mass is 32.2. The van der Waals surface area contributed by atoms with Gasteiger partial charge in [0.1, 0.15) is 5.82 Å². The number of nitrogens with zero attached hydrogens (tertiary/aromatic N) is 1. The number of hydrogen-bond acceptors (Lipinski definition) is 3. The second kappa shape index (κ2) is 6.21. The molecule has 2 aromatic rings. The summed E-state index contributed by atoms with van der Waals surface area (Å²) in [6.45, 7) is 0. The van der Waals surface area contributed by atoms with Crippen molar-refractivity contribution in [3.05, 3.63) is 71.6 Å². The molecule has 26 heavy (non-hydrogen) atoms. The molecular formula is C20H21FN2O2S. The Labute approximate surface area is 153 Å². The Hall–Kier alpha value is -2.18. The molecule has 0 fully saturated rings. The molecule has 0 bridgehead atoms. The summed E-state index contributed by atoms with van der Waals surface area (Å²) >= 11 is 0. The second-order valence-corrected chi connectivity index (χ2v) is 9.22. The third-order valence-electron chi connectivity index (χ3n) is 5.34. The smallest absolute Gasteiger partial charge is 0.242 e. The van der Waals surface area contributed by atoms with Crippen LogP contribution in [0.2, 0.25) is 0 Å². The van der Waals surface area contributed by atoms with Crippen molar-refractivity contribution in [3.63, 3.8) is 0 Å². The van der Waals surface area contributed by atoms with Crippen LogP contribution in [0.3, 0.4) is 0 Å². The highest BCUT2D eigenvalue weighted by Gasteiger charge is 2.38. The van der Waals surface area contributed by atoms with Gasteiger partial charge in [-0.3, -0.25) is 0 Å². The van der Waals surface area contributed by atoms with Gasteiger partial charge < -0.3 is 5.32 Å². The number of rotatable bonds is 3. The van der Waals surface area contributed by atoms with E-state index in [1.165, 1.54) is 30.5 Å². The van der Waals surface area contributed by atoms with Crippen LogP contribution in [0, 0.1) is 11.7 Å². The minimum Gasteiger partial charge on any atom is -0.378 e. The first-order valence-electron chi connectivity index (χ1n) is 8.63. The van der Waals surface area contributed by atoms with Crippen LogP contribution in [0.25, 0.3) is 0 Å². The maximum atomic E-state index is 13.3. The van der Waals surface area contributed by atoms with Crippen molar-refractivity contribution in [2.24, 2.45) is 5.92 Å². The lowest BCUT2D eigenvalue weighted by Gasteiger charge is -2.37. The zero-order chi connectivity index (χ0) is 18.5. The van der Waals surface area contributed by atoms with Crippen LogP contribution in [0.5, 0.6) is 0 Å². The molecule has 0 saturated carbocycles. The number of allylic oxidation sites excluding steroid dienone is 2. The molecule has 3 unspecified atom stereocenters. The number of anilines is 1. The SMILES string of the molecule is CN(C)S(=O)(=O)c1ccc2c(c1)C1C=CCC1C(c1ccc(F)cc1)N2. The fraction of sp³-hybridized carbons (Fsp3) is 0.300. The van der Waals surface area contributed by atoms with Crippen LogP contribution in [0.1, 0.15) is 29.5 Å². The van der Waals surface area contributed by atoms with E-state index in [9.17, 15) is 12.8 Å². The van der Waals surface area contributed by atoms with E-state index in [4.69, 9.17) is 0 Å². The van der Waals surface area contributed by atoms with Crippen LogP contribution in [-0.4, -0.2) is 26.8 Å². The Morgan fingerprint density at radius 1 is 1.12 bits per heavy atom. The van der Waals surface area contributed by atoms with Crippen LogP contribution < -0.4 is 5.32 Å². The van der Waals surface area contributed by atoms with Gasteiger partial charge >= 0.3 is 0 Å². The molecule has 1 heterocycles. The Morgan fingerprint density at radius 2 is 1.85 bits per heavy atom. The minimum atomic E-state index is -3.47. The first-order valence-corrected chi connectivity index (χ1v) is 10.1. The predicted molar refractivity (Wildman–Crippen MR) is 100 cm³/mol. The molecule has 4 nitrogen and oxygen atoms in total. The molecular weight excluding hydrogens is 351 g/mol. The first kappa shape index (κ1) is 17.2. The van der Waals surface area contributed by atoms with E-state index in [1.54, 1.807) is 12.1 Å². The number of hydrogen-bond donors (Lipinski definition) is 1. The van der Waals surface area contributed by atoms with Crippen molar-refractivity contribution in [1.29, 1.82) is 0 Å². The third kappa shape index (κ3) is 2.73. The van der Waals surface area contributed by atoms with E-state index in [2.05, 4.69) is 17.5 Å². The molecule has 2 aromatic carbocycles. The largest absolute Gasteiger partial charge is 0.378 e. The molecule has 0 spiro atoms. The van der Waals surface area contributed by atoms with Crippen molar-refractivity contribution < 1.29 is 12.8 Å². The third-order valence-corrected chi connectivity index (χ3v) is 7.15.